The Morgan fingerprint density at radius 1 is 1.02 bits per heavy atom. The van der Waals surface area contributed by atoms with E-state index in [1.807, 2.05) is 12.1 Å². The summed E-state index contributed by atoms with van der Waals surface area (Å²) in [5.74, 6) is 0.487. The van der Waals surface area contributed by atoms with Crippen LogP contribution in [0.2, 0.25) is 0 Å². The molecule has 1 spiro atoms. The highest BCUT2D eigenvalue weighted by Crippen LogP contribution is 2.50. The van der Waals surface area contributed by atoms with Crippen LogP contribution in [-0.4, -0.2) is 46.2 Å². The number of rotatable bonds is 6. The van der Waals surface area contributed by atoms with Gasteiger partial charge in [-0.25, -0.2) is 4.99 Å². The van der Waals surface area contributed by atoms with Gasteiger partial charge in [0.2, 0.25) is 0 Å². The number of hydrogen-bond donors (Lipinski definition) is 0. The van der Waals surface area contributed by atoms with Gasteiger partial charge in [0.1, 0.15) is 5.66 Å². The lowest BCUT2D eigenvalue weighted by Gasteiger charge is -2.47. The molecule has 220 valence electrons. The smallest absolute Gasteiger partial charge is 0.316 e. The minimum atomic E-state index is -0.772. The first-order valence-electron chi connectivity index (χ1n) is 15.4. The number of likely N-dealkylation sites (N-methyl/N-ethyl adjacent to an activating group) is 1. The van der Waals surface area contributed by atoms with Crippen molar-refractivity contribution in [3.8, 4) is 0 Å². The summed E-state index contributed by atoms with van der Waals surface area (Å²) in [6, 6.07) is 7.32. The van der Waals surface area contributed by atoms with Crippen molar-refractivity contribution in [1.29, 1.82) is 0 Å². The van der Waals surface area contributed by atoms with Crippen LogP contribution in [0.1, 0.15) is 134 Å². The largest absolute Gasteiger partial charge is 0.352 e. The normalized spacial score (nSPS) is 25.2. The minimum absolute atomic E-state index is 0.0379. The number of nitroso groups, excluding NO2 is 1. The molecule has 2 fully saturated rings. The van der Waals surface area contributed by atoms with Crippen LogP contribution in [0.25, 0.3) is 0 Å². The number of amidine groups is 1. The number of benzene rings is 1. The summed E-state index contributed by atoms with van der Waals surface area (Å²) in [5, 5.41) is 2.58. The van der Waals surface area contributed by atoms with Crippen molar-refractivity contribution in [2.24, 2.45) is 26.9 Å². The number of aliphatic imine (C=N–C) groups is 1. The molecule has 40 heavy (non-hydrogen) atoms. The zero-order chi connectivity index (χ0) is 29.3. The predicted molar refractivity (Wildman–Crippen MR) is 161 cm³/mol. The van der Waals surface area contributed by atoms with Crippen molar-refractivity contribution in [3.63, 3.8) is 0 Å². The molecular weight excluding hydrogens is 500 g/mol. The van der Waals surface area contributed by atoms with E-state index in [4.69, 9.17) is 4.99 Å². The monoisotopic (exact) mass is 550 g/mol. The van der Waals surface area contributed by atoms with Gasteiger partial charge in [-0.1, -0.05) is 72.9 Å². The summed E-state index contributed by atoms with van der Waals surface area (Å²) in [6.07, 6.45) is 11.4. The molecule has 1 heterocycles. The van der Waals surface area contributed by atoms with Crippen LogP contribution in [0.5, 0.6) is 0 Å². The summed E-state index contributed by atoms with van der Waals surface area (Å²) in [7, 11) is 2.07. The summed E-state index contributed by atoms with van der Waals surface area (Å²) in [5.41, 5.74) is 1.02. The van der Waals surface area contributed by atoms with E-state index in [0.717, 1.165) is 56.9 Å². The molecule has 2 amide bonds. The fourth-order valence-electron chi connectivity index (χ4n) is 7.11. The van der Waals surface area contributed by atoms with Crippen molar-refractivity contribution in [2.75, 3.05) is 7.05 Å². The van der Waals surface area contributed by atoms with Crippen LogP contribution < -0.4 is 0 Å². The quantitative estimate of drug-likeness (QED) is 0.337. The molecule has 4 rings (SSSR count). The van der Waals surface area contributed by atoms with Crippen LogP contribution in [0.4, 0.5) is 0 Å². The highest BCUT2D eigenvalue weighted by molar-refractivity contribution is 6.39. The molecule has 7 heteroatoms. The Balaban J connectivity index is 1.75. The van der Waals surface area contributed by atoms with Gasteiger partial charge in [0.15, 0.2) is 5.84 Å². The summed E-state index contributed by atoms with van der Waals surface area (Å²) < 4.78 is 0. The van der Waals surface area contributed by atoms with Gasteiger partial charge in [0.25, 0.3) is 5.91 Å². The minimum Gasteiger partial charge on any atom is -0.352 e. The van der Waals surface area contributed by atoms with Crippen molar-refractivity contribution >= 4 is 17.6 Å². The molecule has 0 saturated heterocycles. The molecule has 7 nitrogen and oxygen atoms in total. The second-order valence-corrected chi connectivity index (χ2v) is 14.8. The van der Waals surface area contributed by atoms with Crippen molar-refractivity contribution in [2.45, 2.75) is 130 Å². The molecule has 3 aliphatic rings. The van der Waals surface area contributed by atoms with Crippen molar-refractivity contribution in [1.82, 2.24) is 9.80 Å². The van der Waals surface area contributed by atoms with Crippen molar-refractivity contribution < 1.29 is 9.59 Å². The second kappa shape index (κ2) is 11.7. The number of carbonyl (C=O) groups is 2. The lowest BCUT2D eigenvalue weighted by Crippen LogP contribution is -2.52. The molecule has 0 N–H and O–H groups in total. The summed E-state index contributed by atoms with van der Waals surface area (Å²) in [6.45, 7) is 13.7. The molecule has 2 aliphatic carbocycles. The zero-order valence-corrected chi connectivity index (χ0v) is 25.8. The van der Waals surface area contributed by atoms with E-state index >= 15 is 0 Å². The van der Waals surface area contributed by atoms with Gasteiger partial charge in [-0.2, -0.15) is 0 Å². The molecular formula is C33H50N4O3. The summed E-state index contributed by atoms with van der Waals surface area (Å²) >= 11 is 0. The highest BCUT2D eigenvalue weighted by Gasteiger charge is 2.53. The maximum atomic E-state index is 14.5. The Kier molecular flexibility index (Phi) is 8.91. The van der Waals surface area contributed by atoms with Gasteiger partial charge in [0.05, 0.1) is 6.04 Å². The number of hydrogen-bond acceptors (Lipinski definition) is 5. The Morgan fingerprint density at radius 2 is 1.62 bits per heavy atom. The fourth-order valence-corrected chi connectivity index (χ4v) is 7.11. The lowest BCUT2D eigenvalue weighted by atomic mass is 9.69. The van der Waals surface area contributed by atoms with Gasteiger partial charge < -0.3 is 9.80 Å². The maximum absolute atomic E-state index is 14.5. The van der Waals surface area contributed by atoms with E-state index < -0.39 is 11.6 Å². The van der Waals surface area contributed by atoms with Crippen LogP contribution in [0.15, 0.2) is 34.4 Å². The highest BCUT2D eigenvalue weighted by atomic mass is 16.3. The lowest BCUT2D eigenvalue weighted by molar-refractivity contribution is -0.134. The first kappa shape index (κ1) is 30.4. The molecule has 0 radical (unpaired) electrons. The van der Waals surface area contributed by atoms with E-state index in [2.05, 4.69) is 63.6 Å². The van der Waals surface area contributed by atoms with Gasteiger partial charge in [-0.3, -0.25) is 9.59 Å². The van der Waals surface area contributed by atoms with E-state index in [0.29, 0.717) is 17.8 Å². The first-order chi connectivity index (χ1) is 18.8. The number of amides is 2. The number of nitrogens with zero attached hydrogens (tertiary/aromatic N) is 4. The predicted octanol–water partition coefficient (Wildman–Crippen LogP) is 7.90. The molecule has 1 aliphatic heterocycles. The molecule has 1 atom stereocenters. The third-order valence-electron chi connectivity index (χ3n) is 9.74. The van der Waals surface area contributed by atoms with Crippen molar-refractivity contribution in [3.05, 3.63) is 40.3 Å². The molecule has 1 aromatic rings. The standard InChI is InChI=1S/C33H50N4O3/c1-31(2,3)20-19-27(23-13-15-24(16-14-23)29(38)35-40)37-30(39)28(36(7)26-11-9-8-10-12-26)34-33(37)21-17-25(18-22-33)32(4,5)6/h13-16,25-27H,8-12,17-22H2,1-7H3/t25?,27-,33?/m1/s1. The van der Waals surface area contributed by atoms with Gasteiger partial charge in [0, 0.05) is 23.8 Å². The van der Waals surface area contributed by atoms with E-state index in [9.17, 15) is 14.5 Å². The first-order valence-corrected chi connectivity index (χ1v) is 15.4. The SMILES string of the molecule is CN(C1=NC2(CCC(C(C)(C)C)CC2)N([C@H](CCC(C)(C)C)c2ccc(C(=O)N=O)cc2)C1=O)C1CCCCC1. The zero-order valence-electron chi connectivity index (χ0n) is 25.8. The Bertz CT molecular complexity index is 1100. The molecule has 0 unspecified atom stereocenters. The van der Waals surface area contributed by atoms with Gasteiger partial charge in [-0.15, -0.1) is 4.91 Å². The van der Waals surface area contributed by atoms with Gasteiger partial charge in [-0.05, 0) is 85.8 Å². The number of carbonyl (C=O) groups excluding carboxylic acids is 2. The molecule has 0 aromatic heterocycles. The van der Waals surface area contributed by atoms with Crippen LogP contribution in [-0.2, 0) is 4.79 Å². The Hall–Kier alpha value is -2.57. The Labute approximate surface area is 241 Å². The van der Waals surface area contributed by atoms with Crippen LogP contribution in [0, 0.1) is 21.7 Å². The third-order valence-corrected chi connectivity index (χ3v) is 9.74. The molecule has 1 aromatic carbocycles. The average Bonchev–Trinajstić information content (AvgIpc) is 3.19. The van der Waals surface area contributed by atoms with E-state index in [1.54, 1.807) is 12.1 Å². The fraction of sp³-hybridized carbons (Fsp3) is 0.727. The Morgan fingerprint density at radius 3 is 2.15 bits per heavy atom. The maximum Gasteiger partial charge on any atom is 0.316 e. The van der Waals surface area contributed by atoms with E-state index in [-0.39, 0.29) is 28.3 Å². The molecule has 0 bridgehead atoms. The third kappa shape index (κ3) is 6.49. The van der Waals surface area contributed by atoms with Crippen LogP contribution in [0.3, 0.4) is 0 Å². The van der Waals surface area contributed by atoms with Crippen LogP contribution >= 0.6 is 0 Å². The topological polar surface area (TPSA) is 82.4 Å². The average molecular weight is 551 g/mol. The second-order valence-electron chi connectivity index (χ2n) is 14.8. The molecule has 2 saturated carbocycles. The van der Waals surface area contributed by atoms with Gasteiger partial charge >= 0.3 is 5.91 Å². The van der Waals surface area contributed by atoms with E-state index in [1.165, 1.54) is 19.3 Å². The summed E-state index contributed by atoms with van der Waals surface area (Å²) in [4.78, 5) is 47.0.